The van der Waals surface area contributed by atoms with Crippen LogP contribution in [0.25, 0.3) is 10.2 Å². The highest BCUT2D eigenvalue weighted by atomic mass is 35.5. The molecule has 30 heavy (non-hydrogen) atoms. The first-order valence-corrected chi connectivity index (χ1v) is 12.4. The van der Waals surface area contributed by atoms with Gasteiger partial charge in [0.2, 0.25) is 10.0 Å². The molecule has 1 N–H and O–H groups in total. The molecule has 0 aliphatic carbocycles. The van der Waals surface area contributed by atoms with E-state index in [1.165, 1.54) is 39.9 Å². The lowest BCUT2D eigenvalue weighted by molar-refractivity contribution is 0.102. The molecule has 0 atom stereocenters. The van der Waals surface area contributed by atoms with E-state index in [-0.39, 0.29) is 4.90 Å². The minimum absolute atomic E-state index is 0.187. The topological polar surface area (TPSA) is 79.4 Å². The lowest BCUT2D eigenvalue weighted by Gasteiger charge is -2.29. The fourth-order valence-electron chi connectivity index (χ4n) is 3.32. The highest BCUT2D eigenvalue weighted by molar-refractivity contribution is 7.89. The largest absolute Gasteiger partial charge is 0.298 e. The van der Waals surface area contributed by atoms with Gasteiger partial charge in [-0.15, -0.1) is 0 Å². The normalized spacial score (nSPS) is 16.1. The molecule has 1 aliphatic rings. The van der Waals surface area contributed by atoms with E-state index < -0.39 is 15.9 Å². The summed E-state index contributed by atoms with van der Waals surface area (Å²) in [6.45, 7) is 3.17. The number of rotatable bonds is 4. The average Bonchev–Trinajstić information content (AvgIpc) is 3.16. The van der Waals surface area contributed by atoms with Gasteiger partial charge in [0.05, 0.1) is 19.6 Å². The van der Waals surface area contributed by atoms with Gasteiger partial charge < -0.3 is 0 Å². The summed E-state index contributed by atoms with van der Waals surface area (Å²) >= 11 is 13.5. The van der Waals surface area contributed by atoms with Crippen LogP contribution in [0.2, 0.25) is 10.0 Å². The fraction of sp³-hybridized carbons (Fsp3) is 0.300. The van der Waals surface area contributed by atoms with Crippen LogP contribution in [0.3, 0.4) is 0 Å². The monoisotopic (exact) mass is 483 g/mol. The molecular formula is C20H19Cl2N3O3S2. The average molecular weight is 484 g/mol. The summed E-state index contributed by atoms with van der Waals surface area (Å²) in [5.41, 5.74) is 0.861. The molecule has 1 aromatic heterocycles. The van der Waals surface area contributed by atoms with E-state index in [0.29, 0.717) is 50.0 Å². The number of thiazole rings is 1. The number of piperidine rings is 1. The lowest BCUT2D eigenvalue weighted by atomic mass is 10.0. The highest BCUT2D eigenvalue weighted by Crippen LogP contribution is 2.36. The van der Waals surface area contributed by atoms with Crippen LogP contribution >= 0.6 is 34.5 Å². The molecule has 6 nitrogen and oxygen atoms in total. The van der Waals surface area contributed by atoms with Gasteiger partial charge in [-0.3, -0.25) is 10.1 Å². The third kappa shape index (κ3) is 4.20. The van der Waals surface area contributed by atoms with Crippen molar-refractivity contribution in [2.45, 2.75) is 24.7 Å². The zero-order valence-corrected chi connectivity index (χ0v) is 19.2. The van der Waals surface area contributed by atoms with Crippen LogP contribution in [0.4, 0.5) is 5.13 Å². The number of carbonyl (C=O) groups excluding carboxylic acids is 1. The quantitative estimate of drug-likeness (QED) is 0.547. The van der Waals surface area contributed by atoms with E-state index in [2.05, 4.69) is 17.2 Å². The van der Waals surface area contributed by atoms with Gasteiger partial charge in [0.15, 0.2) is 5.13 Å². The van der Waals surface area contributed by atoms with Crippen molar-refractivity contribution in [3.63, 3.8) is 0 Å². The predicted molar refractivity (Wildman–Crippen MR) is 121 cm³/mol. The molecule has 0 radical (unpaired) electrons. The van der Waals surface area contributed by atoms with Gasteiger partial charge in [0, 0.05) is 18.7 Å². The van der Waals surface area contributed by atoms with Crippen LogP contribution in [0, 0.1) is 5.92 Å². The number of amides is 1. The molecule has 2 aromatic carbocycles. The maximum absolute atomic E-state index is 12.8. The molecule has 4 rings (SSSR count). The summed E-state index contributed by atoms with van der Waals surface area (Å²) < 4.78 is 27.8. The van der Waals surface area contributed by atoms with Crippen molar-refractivity contribution in [3.05, 3.63) is 52.0 Å². The lowest BCUT2D eigenvalue weighted by Crippen LogP contribution is -2.37. The SMILES string of the molecule is CC1CCN(S(=O)(=O)c2ccc(C(=O)Nc3nc4c(Cl)ccc(Cl)c4s3)cc2)CC1. The molecule has 1 aliphatic heterocycles. The van der Waals surface area contributed by atoms with Gasteiger partial charge >= 0.3 is 0 Å². The molecule has 0 saturated carbocycles. The summed E-state index contributed by atoms with van der Waals surface area (Å²) in [7, 11) is -3.55. The third-order valence-corrected chi connectivity index (χ3v) is 8.81. The van der Waals surface area contributed by atoms with Crippen molar-refractivity contribution in [2.75, 3.05) is 18.4 Å². The second kappa shape index (κ2) is 8.43. The Kier molecular flexibility index (Phi) is 6.05. The Morgan fingerprint density at radius 2 is 1.73 bits per heavy atom. The Morgan fingerprint density at radius 3 is 2.37 bits per heavy atom. The van der Waals surface area contributed by atoms with E-state index in [4.69, 9.17) is 23.2 Å². The highest BCUT2D eigenvalue weighted by Gasteiger charge is 2.28. The first-order valence-electron chi connectivity index (χ1n) is 9.42. The second-order valence-electron chi connectivity index (χ2n) is 7.29. The van der Waals surface area contributed by atoms with E-state index in [0.717, 1.165) is 12.8 Å². The zero-order chi connectivity index (χ0) is 21.5. The molecule has 1 amide bonds. The molecule has 2 heterocycles. The van der Waals surface area contributed by atoms with Crippen LogP contribution in [0.5, 0.6) is 0 Å². The van der Waals surface area contributed by atoms with Crippen molar-refractivity contribution >= 4 is 65.8 Å². The molecular weight excluding hydrogens is 465 g/mol. The Bertz CT molecular complexity index is 1160. The van der Waals surface area contributed by atoms with E-state index in [1.807, 2.05) is 0 Å². The standard InChI is InChI=1S/C20H19Cl2N3O3S2/c1-12-8-10-25(11-9-12)30(27,28)14-4-2-13(3-5-14)19(26)24-20-23-17-15(21)6-7-16(22)18(17)29-20/h2-7,12H,8-11H2,1H3,(H,23,24,26). The number of aromatic nitrogens is 1. The molecule has 1 fully saturated rings. The summed E-state index contributed by atoms with van der Waals surface area (Å²) in [4.78, 5) is 17.1. The number of fused-ring (bicyclic) bond motifs is 1. The van der Waals surface area contributed by atoms with Crippen LogP contribution < -0.4 is 5.32 Å². The Morgan fingerprint density at radius 1 is 1.10 bits per heavy atom. The van der Waals surface area contributed by atoms with E-state index in [9.17, 15) is 13.2 Å². The summed E-state index contributed by atoms with van der Waals surface area (Å²) in [5, 5.41) is 4.04. The molecule has 1 saturated heterocycles. The Balaban J connectivity index is 1.51. The zero-order valence-electron chi connectivity index (χ0n) is 16.1. The van der Waals surface area contributed by atoms with Crippen LogP contribution in [0.1, 0.15) is 30.1 Å². The number of nitrogens with one attached hydrogen (secondary N) is 1. The maximum atomic E-state index is 12.8. The minimum atomic E-state index is -3.55. The van der Waals surface area contributed by atoms with Gasteiger partial charge in [-0.2, -0.15) is 4.31 Å². The van der Waals surface area contributed by atoms with Gasteiger partial charge in [0.1, 0.15) is 5.52 Å². The fourth-order valence-corrected chi connectivity index (χ4v) is 6.21. The molecule has 10 heteroatoms. The van der Waals surface area contributed by atoms with Crippen molar-refractivity contribution < 1.29 is 13.2 Å². The number of hydrogen-bond acceptors (Lipinski definition) is 5. The van der Waals surface area contributed by atoms with E-state index in [1.54, 1.807) is 12.1 Å². The first-order chi connectivity index (χ1) is 14.3. The number of benzene rings is 2. The number of anilines is 1. The third-order valence-electron chi connectivity index (χ3n) is 5.16. The maximum Gasteiger partial charge on any atom is 0.257 e. The van der Waals surface area contributed by atoms with Crippen LogP contribution in [0.15, 0.2) is 41.3 Å². The first kappa shape index (κ1) is 21.5. The molecule has 0 unspecified atom stereocenters. The number of hydrogen-bond donors (Lipinski definition) is 1. The summed E-state index contributed by atoms with van der Waals surface area (Å²) in [5.74, 6) is 0.145. The van der Waals surface area contributed by atoms with Crippen molar-refractivity contribution in [1.29, 1.82) is 0 Å². The summed E-state index contributed by atoms with van der Waals surface area (Å²) in [6, 6.07) is 9.27. The van der Waals surface area contributed by atoms with Gasteiger partial charge in [-0.05, 0) is 55.2 Å². The smallest absolute Gasteiger partial charge is 0.257 e. The van der Waals surface area contributed by atoms with Crippen molar-refractivity contribution in [3.8, 4) is 0 Å². The Labute approximate surface area is 188 Å². The number of sulfonamides is 1. The van der Waals surface area contributed by atoms with E-state index >= 15 is 0 Å². The number of nitrogens with zero attached hydrogens (tertiary/aromatic N) is 2. The van der Waals surface area contributed by atoms with Crippen LogP contribution in [-0.4, -0.2) is 36.7 Å². The van der Waals surface area contributed by atoms with Crippen molar-refractivity contribution in [2.24, 2.45) is 5.92 Å². The number of carbonyl (C=O) groups is 1. The molecule has 0 bridgehead atoms. The molecule has 3 aromatic rings. The van der Waals surface area contributed by atoms with Crippen LogP contribution in [-0.2, 0) is 10.0 Å². The van der Waals surface area contributed by atoms with Gasteiger partial charge in [-0.1, -0.05) is 41.5 Å². The van der Waals surface area contributed by atoms with Gasteiger partial charge in [0.25, 0.3) is 5.91 Å². The Hall–Kier alpha value is -1.71. The van der Waals surface area contributed by atoms with Crippen molar-refractivity contribution in [1.82, 2.24) is 9.29 Å². The van der Waals surface area contributed by atoms with Gasteiger partial charge in [-0.25, -0.2) is 13.4 Å². The second-order valence-corrected chi connectivity index (χ2v) is 11.0. The predicted octanol–water partition coefficient (Wildman–Crippen LogP) is 5.28. The summed E-state index contributed by atoms with van der Waals surface area (Å²) in [6.07, 6.45) is 1.71. The number of halogens is 2. The molecule has 158 valence electrons. The minimum Gasteiger partial charge on any atom is -0.298 e. The molecule has 0 spiro atoms.